The first-order chi connectivity index (χ1) is 15.6. The van der Waals surface area contributed by atoms with Crippen LogP contribution in [-0.2, 0) is 11.2 Å². The molecular formula is C25H32FN3O3. The smallest absolute Gasteiger partial charge is 0.226 e. The van der Waals surface area contributed by atoms with E-state index in [-0.39, 0.29) is 35.9 Å². The van der Waals surface area contributed by atoms with Gasteiger partial charge >= 0.3 is 0 Å². The molecule has 1 aliphatic carbocycles. The highest BCUT2D eigenvalue weighted by atomic mass is 19.1. The number of likely N-dealkylation sites (tertiary alicyclic amines) is 1. The zero-order valence-electron chi connectivity index (χ0n) is 18.5. The summed E-state index contributed by atoms with van der Waals surface area (Å²) in [6.07, 6.45) is 9.04. The van der Waals surface area contributed by atoms with Gasteiger partial charge in [-0.1, -0.05) is 5.16 Å². The molecule has 2 fully saturated rings. The van der Waals surface area contributed by atoms with Crippen LogP contribution >= 0.6 is 0 Å². The highest BCUT2D eigenvalue weighted by Gasteiger charge is 2.27. The summed E-state index contributed by atoms with van der Waals surface area (Å²) in [5.74, 6) is 0.610. The minimum absolute atomic E-state index is 0.0143. The zero-order chi connectivity index (χ0) is 22.3. The molecule has 1 amide bonds. The maximum atomic E-state index is 13.1. The van der Waals surface area contributed by atoms with E-state index in [0.29, 0.717) is 17.2 Å². The lowest BCUT2D eigenvalue weighted by Gasteiger charge is -2.34. The molecular weight excluding hydrogens is 409 g/mol. The van der Waals surface area contributed by atoms with Crippen LogP contribution in [0, 0.1) is 17.7 Å². The van der Waals surface area contributed by atoms with E-state index in [4.69, 9.17) is 4.52 Å². The van der Waals surface area contributed by atoms with Crippen LogP contribution in [0.3, 0.4) is 0 Å². The summed E-state index contributed by atoms with van der Waals surface area (Å²) < 4.78 is 17.9. The molecule has 4 rings (SSSR count). The number of nitrogens with zero attached hydrogens (tertiary/aromatic N) is 2. The zero-order valence-corrected chi connectivity index (χ0v) is 18.5. The predicted octanol–water partition coefficient (Wildman–Crippen LogP) is 4.02. The van der Waals surface area contributed by atoms with Crippen molar-refractivity contribution in [2.75, 3.05) is 19.6 Å². The second-order valence-corrected chi connectivity index (χ2v) is 9.23. The van der Waals surface area contributed by atoms with Crippen molar-refractivity contribution in [2.24, 2.45) is 11.8 Å². The van der Waals surface area contributed by atoms with Crippen molar-refractivity contribution in [3.63, 3.8) is 0 Å². The molecule has 32 heavy (non-hydrogen) atoms. The number of carbonyl (C=O) groups excluding carboxylic acids is 2. The molecule has 2 aromatic rings. The quantitative estimate of drug-likeness (QED) is 0.627. The van der Waals surface area contributed by atoms with E-state index < -0.39 is 0 Å². The number of piperidine rings is 1. The summed E-state index contributed by atoms with van der Waals surface area (Å²) in [4.78, 5) is 27.2. The number of Topliss-reactive ketones (excluding diaryl/α,β-unsaturated/α-hetero) is 1. The Balaban J connectivity index is 1.11. The van der Waals surface area contributed by atoms with Crippen molar-refractivity contribution in [1.29, 1.82) is 0 Å². The number of amides is 1. The molecule has 1 aromatic carbocycles. The van der Waals surface area contributed by atoms with Crippen LogP contribution in [0.25, 0.3) is 0 Å². The highest BCUT2D eigenvalue weighted by molar-refractivity contribution is 5.97. The summed E-state index contributed by atoms with van der Waals surface area (Å²) in [5, 5.41) is 6.92. The van der Waals surface area contributed by atoms with Crippen LogP contribution in [0.15, 0.2) is 41.1 Å². The number of carbonyl (C=O) groups is 2. The fraction of sp³-hybridized carbons (Fsp3) is 0.560. The number of hydrogen-bond acceptors (Lipinski definition) is 5. The largest absolute Gasteiger partial charge is 0.364 e. The van der Waals surface area contributed by atoms with Crippen LogP contribution in [-0.4, -0.2) is 47.4 Å². The van der Waals surface area contributed by atoms with Crippen LogP contribution in [0.2, 0.25) is 0 Å². The molecule has 1 N–H and O–H groups in total. The van der Waals surface area contributed by atoms with Crippen molar-refractivity contribution in [3.8, 4) is 0 Å². The lowest BCUT2D eigenvalue weighted by atomic mass is 9.83. The van der Waals surface area contributed by atoms with Crippen LogP contribution in [0.1, 0.15) is 61.0 Å². The van der Waals surface area contributed by atoms with Gasteiger partial charge in [-0.3, -0.25) is 9.59 Å². The van der Waals surface area contributed by atoms with Crippen molar-refractivity contribution in [1.82, 2.24) is 15.4 Å². The Kier molecular flexibility index (Phi) is 7.68. The lowest BCUT2D eigenvalue weighted by Crippen LogP contribution is -2.40. The summed E-state index contributed by atoms with van der Waals surface area (Å²) >= 11 is 0. The number of rotatable bonds is 8. The fourth-order valence-corrected chi connectivity index (χ4v) is 5.00. The first kappa shape index (κ1) is 22.6. The molecule has 2 heterocycles. The van der Waals surface area contributed by atoms with E-state index in [9.17, 15) is 14.0 Å². The van der Waals surface area contributed by atoms with Gasteiger partial charge in [-0.05, 0) is 94.8 Å². The number of ketones is 1. The Morgan fingerprint density at radius 1 is 1.03 bits per heavy atom. The normalized spacial score (nSPS) is 22.5. The molecule has 0 atom stereocenters. The van der Waals surface area contributed by atoms with Gasteiger partial charge in [-0.25, -0.2) is 4.39 Å². The third-order valence-corrected chi connectivity index (χ3v) is 6.99. The maximum Gasteiger partial charge on any atom is 0.226 e. The van der Waals surface area contributed by atoms with E-state index in [1.165, 1.54) is 24.8 Å². The highest BCUT2D eigenvalue weighted by Crippen LogP contribution is 2.28. The van der Waals surface area contributed by atoms with Gasteiger partial charge in [0.1, 0.15) is 12.1 Å². The lowest BCUT2D eigenvalue weighted by molar-refractivity contribution is -0.121. The third kappa shape index (κ3) is 6.25. The number of aromatic nitrogens is 1. The summed E-state index contributed by atoms with van der Waals surface area (Å²) in [5.41, 5.74) is 1.29. The number of halogens is 1. The summed E-state index contributed by atoms with van der Waals surface area (Å²) in [6.45, 7) is 2.97. The van der Waals surface area contributed by atoms with E-state index >= 15 is 0 Å². The predicted molar refractivity (Wildman–Crippen MR) is 119 cm³/mol. The maximum absolute atomic E-state index is 13.1. The van der Waals surface area contributed by atoms with Crippen LogP contribution in [0.4, 0.5) is 4.39 Å². The van der Waals surface area contributed by atoms with Gasteiger partial charge in [-0.15, -0.1) is 0 Å². The van der Waals surface area contributed by atoms with E-state index in [2.05, 4.69) is 15.4 Å². The molecule has 0 spiro atoms. The van der Waals surface area contributed by atoms with Gasteiger partial charge in [0.2, 0.25) is 5.91 Å². The third-order valence-electron chi connectivity index (χ3n) is 6.99. The standard InChI is InChI=1S/C25H32FN3O3/c26-21-5-3-19(4-6-21)25(31)20-10-14-29(15-11-20)13-9-18-1-7-22(8-2-18)27-24(30)17-23-12-16-32-28-23/h3-6,12,16,18,20,22H,1-2,7-11,13-15,17H2,(H,27,30). The Morgan fingerprint density at radius 3 is 2.41 bits per heavy atom. The van der Waals surface area contributed by atoms with Crippen molar-refractivity contribution >= 4 is 11.7 Å². The van der Waals surface area contributed by atoms with Gasteiger partial charge in [0.25, 0.3) is 0 Å². The Morgan fingerprint density at radius 2 is 1.75 bits per heavy atom. The van der Waals surface area contributed by atoms with Gasteiger partial charge in [-0.2, -0.15) is 0 Å². The van der Waals surface area contributed by atoms with Gasteiger partial charge in [0, 0.05) is 23.6 Å². The molecule has 1 saturated carbocycles. The molecule has 1 aliphatic heterocycles. The molecule has 0 unspecified atom stereocenters. The first-order valence-corrected chi connectivity index (χ1v) is 11.8. The Bertz CT molecular complexity index is 868. The minimum atomic E-state index is -0.306. The minimum Gasteiger partial charge on any atom is -0.364 e. The van der Waals surface area contributed by atoms with Crippen molar-refractivity contribution in [3.05, 3.63) is 53.7 Å². The van der Waals surface area contributed by atoms with Crippen LogP contribution in [0.5, 0.6) is 0 Å². The van der Waals surface area contributed by atoms with E-state index in [1.54, 1.807) is 18.2 Å². The second-order valence-electron chi connectivity index (χ2n) is 9.23. The fourth-order valence-electron chi connectivity index (χ4n) is 5.00. The van der Waals surface area contributed by atoms with Gasteiger partial charge in [0.15, 0.2) is 5.78 Å². The topological polar surface area (TPSA) is 75.4 Å². The Hall–Kier alpha value is -2.54. The average molecular weight is 442 g/mol. The molecule has 1 saturated heterocycles. The van der Waals surface area contributed by atoms with Crippen molar-refractivity contribution < 1.29 is 18.5 Å². The monoisotopic (exact) mass is 441 g/mol. The SMILES string of the molecule is O=C(Cc1ccon1)NC1CCC(CCN2CCC(C(=O)c3ccc(F)cc3)CC2)CC1. The van der Waals surface area contributed by atoms with E-state index in [0.717, 1.165) is 58.2 Å². The first-order valence-electron chi connectivity index (χ1n) is 11.8. The van der Waals surface area contributed by atoms with E-state index in [1.807, 2.05) is 0 Å². The summed E-state index contributed by atoms with van der Waals surface area (Å²) in [7, 11) is 0. The summed E-state index contributed by atoms with van der Waals surface area (Å²) in [6, 6.07) is 7.89. The molecule has 7 heteroatoms. The molecule has 0 radical (unpaired) electrons. The number of hydrogen-bond donors (Lipinski definition) is 1. The average Bonchev–Trinajstić information content (AvgIpc) is 3.32. The molecule has 172 valence electrons. The number of nitrogens with one attached hydrogen (secondary N) is 1. The van der Waals surface area contributed by atoms with Crippen LogP contribution < -0.4 is 5.32 Å². The number of benzene rings is 1. The van der Waals surface area contributed by atoms with Gasteiger partial charge < -0.3 is 14.7 Å². The van der Waals surface area contributed by atoms with Crippen molar-refractivity contribution in [2.45, 2.75) is 57.4 Å². The molecule has 6 nitrogen and oxygen atoms in total. The second kappa shape index (κ2) is 10.9. The van der Waals surface area contributed by atoms with Gasteiger partial charge in [0.05, 0.1) is 12.1 Å². The molecule has 1 aromatic heterocycles. The molecule has 2 aliphatic rings. The Labute approximate surface area is 188 Å². The molecule has 0 bridgehead atoms.